The van der Waals surface area contributed by atoms with E-state index in [4.69, 9.17) is 10.4 Å². The third kappa shape index (κ3) is 1.04. The van der Waals surface area contributed by atoms with Crippen molar-refractivity contribution in [2.24, 2.45) is 0 Å². The van der Waals surface area contributed by atoms with E-state index in [1.54, 1.807) is 0 Å². The first-order chi connectivity index (χ1) is 6.22. The molecule has 0 saturated carbocycles. The third-order valence-electron chi connectivity index (χ3n) is 1.80. The van der Waals surface area contributed by atoms with Crippen molar-refractivity contribution in [1.29, 1.82) is 0 Å². The Bertz CT molecular complexity index is 499. The zero-order valence-corrected chi connectivity index (χ0v) is 6.48. The lowest BCUT2D eigenvalue weighted by Gasteiger charge is -1.95. The lowest BCUT2D eigenvalue weighted by molar-refractivity contribution is 0.142. The Hall–Kier alpha value is -1.95. The van der Waals surface area contributed by atoms with Gasteiger partial charge in [-0.2, -0.15) is 0 Å². The normalized spacial score (nSPS) is 10.5. The molecule has 2 rings (SSSR count). The minimum Gasteiger partial charge on any atom is -0.410 e. The summed E-state index contributed by atoms with van der Waals surface area (Å²) in [5, 5.41) is 20.3. The Morgan fingerprint density at radius 3 is 2.92 bits per heavy atom. The molecule has 0 atom stereocenters. The lowest BCUT2D eigenvalue weighted by Crippen LogP contribution is -2.12. The monoisotopic (exact) mass is 181 g/mol. The van der Waals surface area contributed by atoms with Crippen LogP contribution >= 0.6 is 0 Å². The molecule has 1 heterocycles. The van der Waals surface area contributed by atoms with E-state index in [-0.39, 0.29) is 0 Å². The number of fused-ring (bicyclic) bond motifs is 1. The van der Waals surface area contributed by atoms with Gasteiger partial charge in [0.25, 0.3) is 0 Å². The number of hydrogen-bond donors (Lipinski definition) is 4. The molecule has 0 amide bonds. The summed E-state index contributed by atoms with van der Waals surface area (Å²) in [4.78, 5) is 11.5. The molecule has 0 aliphatic rings. The second kappa shape index (κ2) is 2.53. The maximum atomic E-state index is 11.1. The molecule has 2 aromatic rings. The molecule has 6 heteroatoms. The standard InChI is InChI=1S/C7H7N3O3/c11-7-5-2-1-4(9-12)3-6(5)8-10(7)13/h1-3,8-9,12-13H. The predicted octanol–water partition coefficient (Wildman–Crippen LogP) is 0.368. The summed E-state index contributed by atoms with van der Waals surface area (Å²) in [6.07, 6.45) is 0. The molecule has 4 N–H and O–H groups in total. The van der Waals surface area contributed by atoms with Gasteiger partial charge in [0.05, 0.1) is 16.6 Å². The molecule has 0 saturated heterocycles. The van der Waals surface area contributed by atoms with E-state index in [1.165, 1.54) is 18.2 Å². The van der Waals surface area contributed by atoms with Gasteiger partial charge in [0, 0.05) is 0 Å². The molecule has 0 bridgehead atoms. The molecule has 0 aliphatic carbocycles. The molecular weight excluding hydrogens is 174 g/mol. The van der Waals surface area contributed by atoms with Gasteiger partial charge in [0.15, 0.2) is 0 Å². The van der Waals surface area contributed by atoms with Gasteiger partial charge in [-0.3, -0.25) is 20.6 Å². The molecule has 0 aliphatic heterocycles. The number of benzene rings is 1. The largest absolute Gasteiger partial charge is 0.410 e. The minimum absolute atomic E-state index is 0.363. The maximum absolute atomic E-state index is 11.1. The summed E-state index contributed by atoms with van der Waals surface area (Å²) in [5.74, 6) is 0. The Labute approximate surface area is 71.9 Å². The Morgan fingerprint density at radius 1 is 1.46 bits per heavy atom. The molecule has 0 radical (unpaired) electrons. The number of anilines is 1. The van der Waals surface area contributed by atoms with E-state index in [2.05, 4.69) is 5.10 Å². The van der Waals surface area contributed by atoms with Crippen LogP contribution in [0.5, 0.6) is 0 Å². The Balaban J connectivity index is 2.80. The second-order valence-electron chi connectivity index (χ2n) is 2.60. The Morgan fingerprint density at radius 2 is 2.23 bits per heavy atom. The second-order valence-corrected chi connectivity index (χ2v) is 2.60. The molecule has 1 aromatic heterocycles. The number of rotatable bonds is 1. The van der Waals surface area contributed by atoms with Crippen LogP contribution in [0, 0.1) is 0 Å². The fourth-order valence-electron chi connectivity index (χ4n) is 1.17. The number of H-pyrrole nitrogens is 1. The number of hydrogen-bond acceptors (Lipinski definition) is 4. The lowest BCUT2D eigenvalue weighted by atomic mass is 10.2. The van der Waals surface area contributed by atoms with Crippen LogP contribution in [0.1, 0.15) is 0 Å². The van der Waals surface area contributed by atoms with Crippen molar-refractivity contribution in [2.75, 3.05) is 5.48 Å². The van der Waals surface area contributed by atoms with Crippen LogP contribution < -0.4 is 11.0 Å². The summed E-state index contributed by atoms with van der Waals surface area (Å²) < 4.78 is 0. The summed E-state index contributed by atoms with van der Waals surface area (Å²) in [5.41, 5.74) is 2.31. The van der Waals surface area contributed by atoms with Crippen LogP contribution in [0.15, 0.2) is 23.0 Å². The van der Waals surface area contributed by atoms with Gasteiger partial charge in [0.2, 0.25) is 0 Å². The minimum atomic E-state index is -0.514. The molecule has 6 nitrogen and oxygen atoms in total. The molecule has 0 fully saturated rings. The molecule has 68 valence electrons. The van der Waals surface area contributed by atoms with E-state index in [0.29, 0.717) is 21.4 Å². The van der Waals surface area contributed by atoms with Gasteiger partial charge in [0.1, 0.15) is 0 Å². The first-order valence-electron chi connectivity index (χ1n) is 3.56. The highest BCUT2D eigenvalue weighted by Crippen LogP contribution is 2.13. The first-order valence-corrected chi connectivity index (χ1v) is 3.56. The number of nitrogens with zero attached hydrogens (tertiary/aromatic N) is 1. The fourth-order valence-corrected chi connectivity index (χ4v) is 1.17. The van der Waals surface area contributed by atoms with Gasteiger partial charge in [-0.25, -0.2) is 0 Å². The van der Waals surface area contributed by atoms with E-state index in [1.807, 2.05) is 5.48 Å². The zero-order valence-electron chi connectivity index (χ0n) is 6.48. The molecular formula is C7H7N3O3. The van der Waals surface area contributed by atoms with E-state index in [0.717, 1.165) is 0 Å². The summed E-state index contributed by atoms with van der Waals surface area (Å²) >= 11 is 0. The summed E-state index contributed by atoms with van der Waals surface area (Å²) in [6, 6.07) is 4.53. The van der Waals surface area contributed by atoms with Crippen LogP contribution in [-0.4, -0.2) is 20.4 Å². The quantitative estimate of drug-likeness (QED) is 0.378. The summed E-state index contributed by atoms with van der Waals surface area (Å²) in [7, 11) is 0. The average molecular weight is 181 g/mol. The summed E-state index contributed by atoms with van der Waals surface area (Å²) in [6.45, 7) is 0. The van der Waals surface area contributed by atoms with Crippen LogP contribution in [-0.2, 0) is 0 Å². The van der Waals surface area contributed by atoms with Crippen molar-refractivity contribution in [3.05, 3.63) is 28.6 Å². The predicted molar refractivity (Wildman–Crippen MR) is 45.2 cm³/mol. The zero-order chi connectivity index (χ0) is 9.42. The van der Waals surface area contributed by atoms with Crippen molar-refractivity contribution < 1.29 is 10.4 Å². The molecule has 0 unspecified atom stereocenters. The van der Waals surface area contributed by atoms with Crippen LogP contribution in [0.4, 0.5) is 5.69 Å². The molecule has 0 spiro atoms. The smallest absolute Gasteiger partial charge is 0.309 e. The Kier molecular flexibility index (Phi) is 1.49. The SMILES string of the molecule is O=c1c2ccc(NO)cc2[nH]n1O. The highest BCUT2D eigenvalue weighted by atomic mass is 16.5. The number of nitrogens with one attached hydrogen (secondary N) is 2. The van der Waals surface area contributed by atoms with Crippen LogP contribution in [0.3, 0.4) is 0 Å². The van der Waals surface area contributed by atoms with Gasteiger partial charge in [-0.05, 0) is 18.2 Å². The molecule has 13 heavy (non-hydrogen) atoms. The van der Waals surface area contributed by atoms with Crippen LogP contribution in [0.2, 0.25) is 0 Å². The van der Waals surface area contributed by atoms with Gasteiger partial charge in [-0.1, -0.05) is 4.85 Å². The topological polar surface area (TPSA) is 90.3 Å². The third-order valence-corrected chi connectivity index (χ3v) is 1.80. The number of aromatic nitrogens is 2. The van der Waals surface area contributed by atoms with E-state index >= 15 is 0 Å². The maximum Gasteiger partial charge on any atom is 0.309 e. The molecule has 1 aromatic carbocycles. The fraction of sp³-hybridized carbons (Fsp3) is 0. The van der Waals surface area contributed by atoms with Crippen LogP contribution in [0.25, 0.3) is 10.9 Å². The van der Waals surface area contributed by atoms with Crippen molar-refractivity contribution >= 4 is 16.6 Å². The average Bonchev–Trinajstić information content (AvgIpc) is 2.42. The first kappa shape index (κ1) is 7.69. The van der Waals surface area contributed by atoms with Crippen molar-refractivity contribution in [3.8, 4) is 0 Å². The van der Waals surface area contributed by atoms with Gasteiger partial charge in [-0.15, -0.1) is 0 Å². The van der Waals surface area contributed by atoms with E-state index < -0.39 is 5.56 Å². The highest BCUT2D eigenvalue weighted by Gasteiger charge is 2.04. The van der Waals surface area contributed by atoms with Gasteiger partial charge < -0.3 is 5.21 Å². The highest BCUT2D eigenvalue weighted by molar-refractivity contribution is 5.81. The van der Waals surface area contributed by atoms with Gasteiger partial charge >= 0.3 is 5.56 Å². The van der Waals surface area contributed by atoms with Crippen molar-refractivity contribution in [2.45, 2.75) is 0 Å². The van der Waals surface area contributed by atoms with E-state index in [9.17, 15) is 4.79 Å². The van der Waals surface area contributed by atoms with Crippen molar-refractivity contribution in [1.82, 2.24) is 9.94 Å². The number of aromatic amines is 1. The van der Waals surface area contributed by atoms with Crippen molar-refractivity contribution in [3.63, 3.8) is 0 Å².